The molecule has 1 N–H and O–H groups in total. The topological polar surface area (TPSA) is 63.2 Å². The highest BCUT2D eigenvalue weighted by molar-refractivity contribution is 7.99. The van der Waals surface area contributed by atoms with Crippen LogP contribution in [-0.2, 0) is 14.6 Å². The molecule has 0 saturated carbocycles. The minimum absolute atomic E-state index is 0.130. The molecule has 2 aromatic carbocycles. The Bertz CT molecular complexity index is 743. The fourth-order valence-corrected chi connectivity index (χ4v) is 3.35. The molecule has 0 aliphatic carbocycles. The highest BCUT2D eigenvalue weighted by Crippen LogP contribution is 2.19. The van der Waals surface area contributed by atoms with Crippen molar-refractivity contribution >= 4 is 33.2 Å². The molecule has 0 radical (unpaired) electrons. The molecule has 22 heavy (non-hydrogen) atoms. The lowest BCUT2D eigenvalue weighted by Crippen LogP contribution is -2.12. The summed E-state index contributed by atoms with van der Waals surface area (Å²) in [6, 6.07) is 16.1. The van der Waals surface area contributed by atoms with Crippen molar-refractivity contribution in [3.63, 3.8) is 0 Å². The summed E-state index contributed by atoms with van der Waals surface area (Å²) < 4.78 is 23.0. The molecule has 0 heterocycles. The van der Waals surface area contributed by atoms with Crippen LogP contribution in [0.3, 0.4) is 0 Å². The standard InChI is InChI=1S/C16H17NO3S2/c1-22(19,20)15-9-5-6-13(12-15)17-16(18)10-11-21-14-7-3-2-4-8-14/h2-9,12H,10-11H2,1H3,(H,17,18). The van der Waals surface area contributed by atoms with Gasteiger partial charge in [0.15, 0.2) is 9.84 Å². The number of sulfone groups is 1. The molecular weight excluding hydrogens is 318 g/mol. The second-order valence-corrected chi connectivity index (χ2v) is 7.94. The number of benzene rings is 2. The van der Waals surface area contributed by atoms with Gasteiger partial charge in [-0.1, -0.05) is 24.3 Å². The van der Waals surface area contributed by atoms with Gasteiger partial charge in [0.2, 0.25) is 5.91 Å². The first-order valence-corrected chi connectivity index (χ1v) is 9.61. The summed E-state index contributed by atoms with van der Waals surface area (Å²) in [6.07, 6.45) is 1.51. The smallest absolute Gasteiger partial charge is 0.225 e. The lowest BCUT2D eigenvalue weighted by atomic mass is 10.3. The summed E-state index contributed by atoms with van der Waals surface area (Å²) in [4.78, 5) is 13.2. The van der Waals surface area contributed by atoms with E-state index in [1.165, 1.54) is 12.1 Å². The molecule has 1 amide bonds. The van der Waals surface area contributed by atoms with Gasteiger partial charge in [-0.15, -0.1) is 11.8 Å². The Hall–Kier alpha value is -1.79. The maximum Gasteiger partial charge on any atom is 0.225 e. The van der Waals surface area contributed by atoms with Crippen LogP contribution in [0.1, 0.15) is 6.42 Å². The number of carbonyl (C=O) groups is 1. The zero-order valence-electron chi connectivity index (χ0n) is 12.2. The quantitative estimate of drug-likeness (QED) is 0.823. The van der Waals surface area contributed by atoms with E-state index in [9.17, 15) is 13.2 Å². The predicted octanol–water partition coefficient (Wildman–Crippen LogP) is 3.21. The van der Waals surface area contributed by atoms with E-state index in [-0.39, 0.29) is 10.8 Å². The molecule has 0 atom stereocenters. The number of carbonyl (C=O) groups excluding carboxylic acids is 1. The zero-order valence-corrected chi connectivity index (χ0v) is 13.8. The van der Waals surface area contributed by atoms with Crippen molar-refractivity contribution in [1.82, 2.24) is 0 Å². The average molecular weight is 335 g/mol. The largest absolute Gasteiger partial charge is 0.326 e. The van der Waals surface area contributed by atoms with Crippen molar-refractivity contribution in [3.8, 4) is 0 Å². The van der Waals surface area contributed by atoms with E-state index in [2.05, 4.69) is 5.32 Å². The fourth-order valence-electron chi connectivity index (χ4n) is 1.81. The number of hydrogen-bond acceptors (Lipinski definition) is 4. The van der Waals surface area contributed by atoms with Crippen LogP contribution in [0.4, 0.5) is 5.69 Å². The fraction of sp³-hybridized carbons (Fsp3) is 0.188. The third-order valence-electron chi connectivity index (χ3n) is 2.89. The SMILES string of the molecule is CS(=O)(=O)c1cccc(NC(=O)CCSc2ccccc2)c1. The summed E-state index contributed by atoms with van der Waals surface area (Å²) in [7, 11) is -3.27. The second-order valence-electron chi connectivity index (χ2n) is 4.76. The Labute approximate surface area is 134 Å². The highest BCUT2D eigenvalue weighted by Gasteiger charge is 2.09. The van der Waals surface area contributed by atoms with Crippen molar-refractivity contribution in [3.05, 3.63) is 54.6 Å². The first kappa shape index (κ1) is 16.6. The first-order valence-electron chi connectivity index (χ1n) is 6.73. The lowest BCUT2D eigenvalue weighted by Gasteiger charge is -2.07. The van der Waals surface area contributed by atoms with Gasteiger partial charge in [0.1, 0.15) is 0 Å². The summed E-state index contributed by atoms with van der Waals surface area (Å²) in [6.45, 7) is 0. The number of hydrogen-bond donors (Lipinski definition) is 1. The number of amides is 1. The van der Waals surface area contributed by atoms with Crippen molar-refractivity contribution in [2.24, 2.45) is 0 Å². The van der Waals surface area contributed by atoms with E-state index in [4.69, 9.17) is 0 Å². The maximum atomic E-state index is 11.9. The van der Waals surface area contributed by atoms with Gasteiger partial charge in [0.25, 0.3) is 0 Å². The zero-order chi connectivity index (χ0) is 16.0. The number of nitrogens with one attached hydrogen (secondary N) is 1. The highest BCUT2D eigenvalue weighted by atomic mass is 32.2. The molecule has 0 aliphatic heterocycles. The molecule has 0 aromatic heterocycles. The van der Waals surface area contributed by atoms with Crippen LogP contribution in [-0.4, -0.2) is 26.3 Å². The Morgan fingerprint density at radius 1 is 1.09 bits per heavy atom. The van der Waals surface area contributed by atoms with Crippen LogP contribution < -0.4 is 5.32 Å². The molecular formula is C16H17NO3S2. The molecule has 116 valence electrons. The van der Waals surface area contributed by atoms with Crippen LogP contribution in [0, 0.1) is 0 Å². The number of thioether (sulfide) groups is 1. The molecule has 0 aliphatic rings. The Morgan fingerprint density at radius 2 is 1.82 bits per heavy atom. The molecule has 0 saturated heterocycles. The van der Waals surface area contributed by atoms with Crippen molar-refractivity contribution < 1.29 is 13.2 Å². The summed E-state index contributed by atoms with van der Waals surface area (Å²) in [5.74, 6) is 0.538. The van der Waals surface area contributed by atoms with Crippen LogP contribution in [0.2, 0.25) is 0 Å². The molecule has 0 bridgehead atoms. The van der Waals surface area contributed by atoms with E-state index < -0.39 is 9.84 Å². The van der Waals surface area contributed by atoms with Gasteiger partial charge in [-0.3, -0.25) is 4.79 Å². The third kappa shape index (κ3) is 5.20. The predicted molar refractivity (Wildman–Crippen MR) is 90.0 cm³/mol. The Kier molecular flexibility index (Phi) is 5.63. The first-order chi connectivity index (χ1) is 10.4. The molecule has 0 unspecified atom stereocenters. The molecule has 4 nitrogen and oxygen atoms in total. The minimum atomic E-state index is -3.27. The van der Waals surface area contributed by atoms with Gasteiger partial charge in [0, 0.05) is 29.0 Å². The van der Waals surface area contributed by atoms with E-state index in [1.54, 1.807) is 23.9 Å². The van der Waals surface area contributed by atoms with Gasteiger partial charge < -0.3 is 5.32 Å². The van der Waals surface area contributed by atoms with Crippen LogP contribution in [0.15, 0.2) is 64.4 Å². The summed E-state index contributed by atoms with van der Waals surface area (Å²) in [5.41, 5.74) is 0.498. The van der Waals surface area contributed by atoms with Gasteiger partial charge in [-0.25, -0.2) is 8.42 Å². The monoisotopic (exact) mass is 335 g/mol. The third-order valence-corrected chi connectivity index (χ3v) is 5.01. The average Bonchev–Trinajstić information content (AvgIpc) is 2.48. The summed E-state index contributed by atoms with van der Waals surface area (Å²) in [5, 5.41) is 2.72. The van der Waals surface area contributed by atoms with E-state index in [1.807, 2.05) is 30.3 Å². The van der Waals surface area contributed by atoms with Crippen LogP contribution in [0.25, 0.3) is 0 Å². The van der Waals surface area contributed by atoms with E-state index in [0.29, 0.717) is 17.9 Å². The van der Waals surface area contributed by atoms with Gasteiger partial charge in [-0.2, -0.15) is 0 Å². The number of anilines is 1. The Balaban J connectivity index is 1.87. The normalized spacial score (nSPS) is 11.1. The van der Waals surface area contributed by atoms with Gasteiger partial charge in [-0.05, 0) is 30.3 Å². The maximum absolute atomic E-state index is 11.9. The Morgan fingerprint density at radius 3 is 2.50 bits per heavy atom. The van der Waals surface area contributed by atoms with Gasteiger partial charge >= 0.3 is 0 Å². The molecule has 0 fully saturated rings. The molecule has 2 aromatic rings. The van der Waals surface area contributed by atoms with E-state index in [0.717, 1.165) is 11.2 Å². The molecule has 0 spiro atoms. The molecule has 2 rings (SSSR count). The second kappa shape index (κ2) is 7.47. The van der Waals surface area contributed by atoms with Crippen molar-refractivity contribution in [2.75, 3.05) is 17.3 Å². The summed E-state index contributed by atoms with van der Waals surface area (Å²) >= 11 is 1.61. The minimum Gasteiger partial charge on any atom is -0.326 e. The number of rotatable bonds is 6. The van der Waals surface area contributed by atoms with Crippen LogP contribution in [0.5, 0.6) is 0 Å². The lowest BCUT2D eigenvalue weighted by molar-refractivity contribution is -0.115. The van der Waals surface area contributed by atoms with E-state index >= 15 is 0 Å². The van der Waals surface area contributed by atoms with Crippen molar-refractivity contribution in [1.29, 1.82) is 0 Å². The van der Waals surface area contributed by atoms with Gasteiger partial charge in [0.05, 0.1) is 4.90 Å². The van der Waals surface area contributed by atoms with Crippen LogP contribution >= 0.6 is 11.8 Å². The van der Waals surface area contributed by atoms with Crippen molar-refractivity contribution in [2.45, 2.75) is 16.2 Å². The molecule has 6 heteroatoms.